The summed E-state index contributed by atoms with van der Waals surface area (Å²) in [5.41, 5.74) is 1.00. The van der Waals surface area contributed by atoms with E-state index in [2.05, 4.69) is 15.9 Å². The van der Waals surface area contributed by atoms with E-state index in [0.29, 0.717) is 11.8 Å². The van der Waals surface area contributed by atoms with Crippen LogP contribution < -0.4 is 0 Å². The van der Waals surface area contributed by atoms with E-state index < -0.39 is 0 Å². The summed E-state index contributed by atoms with van der Waals surface area (Å²) >= 11 is 6.08. The largest absolute Gasteiger partial charge is 0.460 e. The van der Waals surface area contributed by atoms with E-state index >= 15 is 0 Å². The van der Waals surface area contributed by atoms with Gasteiger partial charge in [-0.05, 0) is 62.0 Å². The molecule has 2 saturated heterocycles. The lowest BCUT2D eigenvalue weighted by Crippen LogP contribution is -2.31. The van der Waals surface area contributed by atoms with Gasteiger partial charge in [0.2, 0.25) is 0 Å². The van der Waals surface area contributed by atoms with Gasteiger partial charge in [0.25, 0.3) is 0 Å². The number of hydrogen-bond acceptors (Lipinski definition) is 4. The highest BCUT2D eigenvalue weighted by Gasteiger charge is 2.34. The smallest absolute Gasteiger partial charge is 0.134 e. The summed E-state index contributed by atoms with van der Waals surface area (Å²) in [6, 6.07) is 11.8. The molecule has 0 aliphatic carbocycles. The van der Waals surface area contributed by atoms with Crippen molar-refractivity contribution >= 4 is 11.6 Å². The maximum atomic E-state index is 9.79. The second-order valence-electron chi connectivity index (χ2n) is 7.68. The highest BCUT2D eigenvalue weighted by Crippen LogP contribution is 2.29. The van der Waals surface area contributed by atoms with Gasteiger partial charge in [-0.3, -0.25) is 4.90 Å². The summed E-state index contributed by atoms with van der Waals surface area (Å²) in [6.45, 7) is 6.62. The highest BCUT2D eigenvalue weighted by molar-refractivity contribution is 6.30. The highest BCUT2D eigenvalue weighted by atomic mass is 35.5. The lowest BCUT2D eigenvalue weighted by Gasteiger charge is -2.23. The van der Waals surface area contributed by atoms with Crippen LogP contribution in [-0.4, -0.2) is 54.2 Å². The van der Waals surface area contributed by atoms with Gasteiger partial charge >= 0.3 is 0 Å². The summed E-state index contributed by atoms with van der Waals surface area (Å²) in [5.74, 6) is 2.76. The molecule has 1 N–H and O–H groups in total. The van der Waals surface area contributed by atoms with Gasteiger partial charge in [0.15, 0.2) is 0 Å². The molecule has 2 aliphatic heterocycles. The molecule has 1 aromatic carbocycles. The van der Waals surface area contributed by atoms with Crippen molar-refractivity contribution in [3.05, 3.63) is 47.2 Å². The van der Waals surface area contributed by atoms with Crippen LogP contribution in [0.15, 0.2) is 40.8 Å². The molecule has 2 aliphatic rings. The number of likely N-dealkylation sites (tertiary alicyclic amines) is 2. The van der Waals surface area contributed by atoms with Crippen molar-refractivity contribution in [1.82, 2.24) is 9.80 Å². The molecule has 0 spiro atoms. The predicted molar refractivity (Wildman–Crippen MR) is 104 cm³/mol. The molecule has 3 heterocycles. The van der Waals surface area contributed by atoms with Crippen molar-refractivity contribution in [3.8, 4) is 11.3 Å². The molecule has 2 fully saturated rings. The van der Waals surface area contributed by atoms with Crippen LogP contribution in [0.1, 0.15) is 18.6 Å². The number of rotatable bonds is 6. The van der Waals surface area contributed by atoms with Crippen LogP contribution in [0.2, 0.25) is 5.02 Å². The normalized spacial score (nSPS) is 24.5. The van der Waals surface area contributed by atoms with Gasteiger partial charge in [0.1, 0.15) is 11.5 Å². The van der Waals surface area contributed by atoms with Gasteiger partial charge in [0, 0.05) is 36.8 Å². The Morgan fingerprint density at radius 3 is 2.62 bits per heavy atom. The van der Waals surface area contributed by atoms with Crippen LogP contribution in [0.3, 0.4) is 0 Å². The van der Waals surface area contributed by atoms with Gasteiger partial charge in [-0.2, -0.15) is 0 Å². The fraction of sp³-hybridized carbons (Fsp3) is 0.524. The Bertz CT molecular complexity index is 726. The fourth-order valence-corrected chi connectivity index (χ4v) is 4.55. The van der Waals surface area contributed by atoms with E-state index in [0.717, 1.165) is 48.3 Å². The second-order valence-corrected chi connectivity index (χ2v) is 8.12. The Labute approximate surface area is 160 Å². The van der Waals surface area contributed by atoms with Gasteiger partial charge in [0.05, 0.1) is 6.54 Å². The van der Waals surface area contributed by atoms with E-state index in [9.17, 15) is 5.11 Å². The van der Waals surface area contributed by atoms with Gasteiger partial charge in [-0.1, -0.05) is 23.7 Å². The molecule has 0 amide bonds. The molecular formula is C21H27ClN2O2. The van der Waals surface area contributed by atoms with Crippen LogP contribution in [-0.2, 0) is 6.54 Å². The summed E-state index contributed by atoms with van der Waals surface area (Å²) in [6.07, 6.45) is 2.64. The average Bonchev–Trinajstić information content (AvgIpc) is 3.37. The van der Waals surface area contributed by atoms with Crippen LogP contribution in [0, 0.1) is 11.8 Å². The van der Waals surface area contributed by atoms with Gasteiger partial charge in [-0.15, -0.1) is 0 Å². The topological polar surface area (TPSA) is 39.9 Å². The van der Waals surface area contributed by atoms with E-state index in [4.69, 9.17) is 16.0 Å². The summed E-state index contributed by atoms with van der Waals surface area (Å²) < 4.78 is 6.05. The van der Waals surface area contributed by atoms with Crippen LogP contribution in [0.25, 0.3) is 11.3 Å². The molecule has 26 heavy (non-hydrogen) atoms. The number of aliphatic hydroxyl groups excluding tert-OH is 1. The van der Waals surface area contributed by atoms with E-state index in [1.54, 1.807) is 0 Å². The molecule has 2 atom stereocenters. The standard InChI is InChI=1S/C21H27ClN2O2/c22-19-5-3-4-16(10-19)21-7-6-20(26-21)14-24-12-17(18(13-24)15-25)11-23-8-1-2-9-23/h3-7,10,17-18,25H,1-2,8-9,11-15H2/t17-,18-/m1/s1. The molecular weight excluding hydrogens is 348 g/mol. The van der Waals surface area contributed by atoms with Crippen molar-refractivity contribution < 1.29 is 9.52 Å². The van der Waals surface area contributed by atoms with Crippen molar-refractivity contribution in [1.29, 1.82) is 0 Å². The summed E-state index contributed by atoms with van der Waals surface area (Å²) in [5, 5.41) is 10.5. The van der Waals surface area contributed by atoms with Crippen molar-refractivity contribution in [2.75, 3.05) is 39.3 Å². The number of halogens is 1. The zero-order valence-electron chi connectivity index (χ0n) is 15.1. The maximum absolute atomic E-state index is 9.79. The Kier molecular flexibility index (Phi) is 5.65. The Morgan fingerprint density at radius 1 is 1.04 bits per heavy atom. The first kappa shape index (κ1) is 18.1. The van der Waals surface area contributed by atoms with Crippen molar-refractivity contribution in [2.45, 2.75) is 19.4 Å². The number of benzene rings is 1. The summed E-state index contributed by atoms with van der Waals surface area (Å²) in [7, 11) is 0. The minimum Gasteiger partial charge on any atom is -0.460 e. The quantitative estimate of drug-likeness (QED) is 0.836. The van der Waals surface area contributed by atoms with Crippen LogP contribution in [0.5, 0.6) is 0 Å². The molecule has 1 aromatic heterocycles. The minimum atomic E-state index is 0.279. The number of furan rings is 1. The van der Waals surface area contributed by atoms with Crippen molar-refractivity contribution in [3.63, 3.8) is 0 Å². The molecule has 2 aromatic rings. The molecule has 5 heteroatoms. The first-order valence-corrected chi connectivity index (χ1v) is 9.99. The minimum absolute atomic E-state index is 0.279. The fourth-order valence-electron chi connectivity index (χ4n) is 4.36. The van der Waals surface area contributed by atoms with Crippen molar-refractivity contribution in [2.24, 2.45) is 11.8 Å². The Hall–Kier alpha value is -1.33. The zero-order valence-corrected chi connectivity index (χ0v) is 15.9. The first-order chi connectivity index (χ1) is 12.7. The van der Waals surface area contributed by atoms with Gasteiger partial charge < -0.3 is 14.4 Å². The third-order valence-corrected chi connectivity index (χ3v) is 5.96. The Morgan fingerprint density at radius 2 is 1.85 bits per heavy atom. The van der Waals surface area contributed by atoms with Crippen LogP contribution >= 0.6 is 11.6 Å². The lowest BCUT2D eigenvalue weighted by molar-refractivity contribution is 0.175. The monoisotopic (exact) mass is 374 g/mol. The molecule has 0 bridgehead atoms. The van der Waals surface area contributed by atoms with Gasteiger partial charge in [-0.25, -0.2) is 0 Å². The predicted octanol–water partition coefficient (Wildman–Crippen LogP) is 3.74. The first-order valence-electron chi connectivity index (χ1n) is 9.61. The number of aliphatic hydroxyl groups is 1. The molecule has 0 saturated carbocycles. The van der Waals surface area contributed by atoms with E-state index in [1.165, 1.54) is 25.9 Å². The number of hydrogen-bond donors (Lipinski definition) is 1. The SMILES string of the molecule is OC[C@H]1CN(Cc2ccc(-c3cccc(Cl)c3)o2)C[C@H]1CN1CCCC1. The second kappa shape index (κ2) is 8.13. The molecule has 4 rings (SSSR count). The Balaban J connectivity index is 1.38. The molecule has 140 valence electrons. The molecule has 4 nitrogen and oxygen atoms in total. The maximum Gasteiger partial charge on any atom is 0.134 e. The lowest BCUT2D eigenvalue weighted by atomic mass is 9.96. The molecule has 0 radical (unpaired) electrons. The number of nitrogens with zero attached hydrogens (tertiary/aromatic N) is 2. The van der Waals surface area contributed by atoms with E-state index in [1.807, 2.05) is 30.3 Å². The molecule has 0 unspecified atom stereocenters. The van der Waals surface area contributed by atoms with Crippen LogP contribution in [0.4, 0.5) is 0 Å². The third kappa shape index (κ3) is 4.15. The van der Waals surface area contributed by atoms with E-state index in [-0.39, 0.29) is 6.61 Å². The average molecular weight is 375 g/mol. The third-order valence-electron chi connectivity index (χ3n) is 5.73. The summed E-state index contributed by atoms with van der Waals surface area (Å²) in [4.78, 5) is 4.98. The zero-order chi connectivity index (χ0) is 17.9.